The topological polar surface area (TPSA) is 67.5 Å². The van der Waals surface area contributed by atoms with Gasteiger partial charge in [-0.2, -0.15) is 0 Å². The average molecular weight is 342 g/mol. The maximum absolute atomic E-state index is 10.9. The molecule has 6 heteroatoms. The second-order valence-corrected chi connectivity index (χ2v) is 8.06. The van der Waals surface area contributed by atoms with Crippen molar-refractivity contribution in [3.63, 3.8) is 0 Å². The number of fused-ring (bicyclic) bond motifs is 6. The van der Waals surface area contributed by atoms with Crippen LogP contribution in [0.2, 0.25) is 0 Å². The van der Waals surface area contributed by atoms with E-state index < -0.39 is 11.2 Å². The second kappa shape index (κ2) is 4.13. The SMILES string of the molecule is Cc1c(-n2c(O)c3c(c2O)[C@]2(C)CC[C@@]3(C)O2)ccc2ncsc12. The van der Waals surface area contributed by atoms with Crippen molar-refractivity contribution in [2.45, 2.75) is 44.8 Å². The molecule has 1 fully saturated rings. The number of hydrogen-bond donors (Lipinski definition) is 2. The van der Waals surface area contributed by atoms with E-state index in [2.05, 4.69) is 4.98 Å². The predicted octanol–water partition coefficient (Wildman–Crippen LogP) is 4.06. The van der Waals surface area contributed by atoms with Gasteiger partial charge in [0, 0.05) is 0 Å². The summed E-state index contributed by atoms with van der Waals surface area (Å²) in [6, 6.07) is 3.83. The van der Waals surface area contributed by atoms with Crippen molar-refractivity contribution < 1.29 is 14.9 Å². The number of rotatable bonds is 1. The van der Waals surface area contributed by atoms with Gasteiger partial charge < -0.3 is 14.9 Å². The number of aryl methyl sites for hydroxylation is 1. The first-order valence-electron chi connectivity index (χ1n) is 8.07. The van der Waals surface area contributed by atoms with Crippen molar-refractivity contribution in [3.05, 3.63) is 34.3 Å². The van der Waals surface area contributed by atoms with Gasteiger partial charge >= 0.3 is 0 Å². The van der Waals surface area contributed by atoms with Crippen LogP contribution in [0.3, 0.4) is 0 Å². The maximum Gasteiger partial charge on any atom is 0.205 e. The first-order chi connectivity index (χ1) is 11.4. The van der Waals surface area contributed by atoms with Crippen molar-refractivity contribution in [1.82, 2.24) is 9.55 Å². The molecule has 0 aliphatic carbocycles. The van der Waals surface area contributed by atoms with Crippen molar-refractivity contribution in [2.75, 3.05) is 0 Å². The molecule has 0 unspecified atom stereocenters. The Kier molecular flexibility index (Phi) is 2.46. The Balaban J connectivity index is 1.84. The molecular formula is C18H18N2O3S. The quantitative estimate of drug-likeness (QED) is 0.700. The van der Waals surface area contributed by atoms with Crippen LogP contribution in [0.4, 0.5) is 0 Å². The van der Waals surface area contributed by atoms with E-state index in [1.807, 2.05) is 38.4 Å². The van der Waals surface area contributed by atoms with Crippen LogP contribution in [0, 0.1) is 6.92 Å². The summed E-state index contributed by atoms with van der Waals surface area (Å²) in [5, 5.41) is 21.9. The molecule has 5 nitrogen and oxygen atoms in total. The Hall–Kier alpha value is -2.05. The lowest BCUT2D eigenvalue weighted by Crippen LogP contribution is -2.17. The Labute approximate surface area is 143 Å². The lowest BCUT2D eigenvalue weighted by molar-refractivity contribution is -0.0683. The maximum atomic E-state index is 10.9. The second-order valence-electron chi connectivity index (χ2n) is 7.21. The van der Waals surface area contributed by atoms with Crippen LogP contribution < -0.4 is 0 Å². The Morgan fingerprint density at radius 1 is 1.12 bits per heavy atom. The Morgan fingerprint density at radius 2 is 1.75 bits per heavy atom. The molecule has 124 valence electrons. The van der Waals surface area contributed by atoms with Gasteiger partial charge in [0.1, 0.15) is 0 Å². The Morgan fingerprint density at radius 3 is 2.38 bits per heavy atom. The van der Waals surface area contributed by atoms with E-state index in [9.17, 15) is 10.2 Å². The van der Waals surface area contributed by atoms with Crippen molar-refractivity contribution in [3.8, 4) is 17.4 Å². The molecule has 2 aliphatic rings. The molecular weight excluding hydrogens is 324 g/mol. The molecule has 1 aromatic carbocycles. The largest absolute Gasteiger partial charge is 0.494 e. The van der Waals surface area contributed by atoms with Crippen LogP contribution in [0.5, 0.6) is 11.8 Å². The summed E-state index contributed by atoms with van der Waals surface area (Å²) in [5.74, 6) is 0.167. The highest BCUT2D eigenvalue weighted by Crippen LogP contribution is 2.64. The first-order valence-corrected chi connectivity index (χ1v) is 8.95. The third-order valence-corrected chi connectivity index (χ3v) is 6.63. The number of aromatic nitrogens is 2. The fraction of sp³-hybridized carbons (Fsp3) is 0.389. The molecule has 2 aliphatic heterocycles. The summed E-state index contributed by atoms with van der Waals surface area (Å²) < 4.78 is 8.78. The number of benzene rings is 1. The lowest BCUT2D eigenvalue weighted by atomic mass is 9.80. The molecule has 24 heavy (non-hydrogen) atoms. The number of nitrogens with zero attached hydrogens (tertiary/aromatic N) is 2. The summed E-state index contributed by atoms with van der Waals surface area (Å²) in [7, 11) is 0. The van der Waals surface area contributed by atoms with Gasteiger partial charge in [-0.1, -0.05) is 0 Å². The van der Waals surface area contributed by atoms with E-state index in [0.29, 0.717) is 0 Å². The monoisotopic (exact) mass is 342 g/mol. The van der Waals surface area contributed by atoms with E-state index in [0.717, 1.165) is 45.4 Å². The normalized spacial score (nSPS) is 28.0. The molecule has 2 atom stereocenters. The minimum Gasteiger partial charge on any atom is -0.494 e. The highest BCUT2D eigenvalue weighted by atomic mass is 32.1. The van der Waals surface area contributed by atoms with Gasteiger partial charge in [-0.05, 0) is 51.3 Å². The smallest absolute Gasteiger partial charge is 0.205 e. The summed E-state index contributed by atoms with van der Waals surface area (Å²) in [6.07, 6.45) is 1.70. The number of thiazole rings is 1. The zero-order valence-electron chi connectivity index (χ0n) is 13.8. The van der Waals surface area contributed by atoms with Gasteiger partial charge in [-0.3, -0.25) is 4.57 Å². The van der Waals surface area contributed by atoms with Crippen LogP contribution in [0.15, 0.2) is 17.6 Å². The highest BCUT2D eigenvalue weighted by Gasteiger charge is 2.59. The van der Waals surface area contributed by atoms with Gasteiger partial charge in [0.15, 0.2) is 0 Å². The molecule has 2 bridgehead atoms. The molecule has 4 heterocycles. The van der Waals surface area contributed by atoms with E-state index in [4.69, 9.17) is 4.74 Å². The number of hydrogen-bond acceptors (Lipinski definition) is 5. The first kappa shape index (κ1) is 14.3. The van der Waals surface area contributed by atoms with Crippen molar-refractivity contribution in [2.24, 2.45) is 0 Å². The van der Waals surface area contributed by atoms with Gasteiger partial charge in [-0.15, -0.1) is 11.3 Å². The van der Waals surface area contributed by atoms with Crippen LogP contribution in [0.1, 0.15) is 43.4 Å². The minimum atomic E-state index is -0.528. The van der Waals surface area contributed by atoms with Gasteiger partial charge in [-0.25, -0.2) is 4.98 Å². The lowest BCUT2D eigenvalue weighted by Gasteiger charge is -2.21. The molecule has 5 rings (SSSR count). The molecule has 3 aromatic rings. The summed E-state index contributed by atoms with van der Waals surface area (Å²) in [6.45, 7) is 5.98. The summed E-state index contributed by atoms with van der Waals surface area (Å²) >= 11 is 1.56. The Bertz CT molecular complexity index is 982. The fourth-order valence-electron chi connectivity index (χ4n) is 4.50. The molecule has 0 radical (unpaired) electrons. The van der Waals surface area contributed by atoms with E-state index in [1.165, 1.54) is 0 Å². The predicted molar refractivity (Wildman–Crippen MR) is 92.0 cm³/mol. The third kappa shape index (κ3) is 1.46. The standard InChI is InChI=1S/C18H18N2O3S/c1-9-11(5-4-10-14(9)24-8-19-10)20-15(21)12-13(16(20)22)18(3)7-6-17(12,2)23-18/h4-5,8,21-22H,6-7H2,1-3H3/t17-,18+. The van der Waals surface area contributed by atoms with Gasteiger partial charge in [0.25, 0.3) is 0 Å². The van der Waals surface area contributed by atoms with E-state index >= 15 is 0 Å². The molecule has 2 N–H and O–H groups in total. The zero-order chi connectivity index (χ0) is 16.9. The number of aromatic hydroxyl groups is 2. The van der Waals surface area contributed by atoms with Crippen LogP contribution in [0.25, 0.3) is 15.9 Å². The van der Waals surface area contributed by atoms with Gasteiger partial charge in [0.2, 0.25) is 11.8 Å². The average Bonchev–Trinajstić information content (AvgIpc) is 3.22. The third-order valence-electron chi connectivity index (χ3n) is 5.67. The number of ether oxygens (including phenoxy) is 1. The van der Waals surface area contributed by atoms with Crippen LogP contribution in [-0.2, 0) is 15.9 Å². The van der Waals surface area contributed by atoms with E-state index in [1.54, 1.807) is 15.9 Å². The molecule has 2 aromatic heterocycles. The summed E-state index contributed by atoms with van der Waals surface area (Å²) in [5.41, 5.74) is 4.93. The molecule has 0 spiro atoms. The molecule has 0 amide bonds. The van der Waals surface area contributed by atoms with Crippen LogP contribution >= 0.6 is 11.3 Å². The fourth-order valence-corrected chi connectivity index (χ4v) is 5.30. The van der Waals surface area contributed by atoms with Crippen molar-refractivity contribution >= 4 is 21.6 Å². The van der Waals surface area contributed by atoms with Crippen molar-refractivity contribution in [1.29, 1.82) is 0 Å². The highest BCUT2D eigenvalue weighted by molar-refractivity contribution is 7.17. The minimum absolute atomic E-state index is 0.0837. The summed E-state index contributed by atoms with van der Waals surface area (Å²) in [4.78, 5) is 4.33. The zero-order valence-corrected chi connectivity index (χ0v) is 14.6. The van der Waals surface area contributed by atoms with E-state index in [-0.39, 0.29) is 11.8 Å². The van der Waals surface area contributed by atoms with Crippen LogP contribution in [-0.4, -0.2) is 19.8 Å². The molecule has 1 saturated heterocycles. The molecule has 0 saturated carbocycles. The van der Waals surface area contributed by atoms with Gasteiger partial charge in [0.05, 0.1) is 43.7 Å².